The molecule has 372 valence electrons. The van der Waals surface area contributed by atoms with Crippen LogP contribution in [0.5, 0.6) is 0 Å². The number of aromatic amines is 2. The number of amides is 3. The fourth-order valence-electron chi connectivity index (χ4n) is 9.25. The minimum absolute atomic E-state index is 0.0212. The number of fused-ring (bicyclic) bond motifs is 4. The molecule has 18 nitrogen and oxygen atoms in total. The number of hydrogen-bond donors (Lipinski definition) is 3. The molecule has 0 saturated heterocycles. The number of imidazole rings is 2. The second-order valence-corrected chi connectivity index (χ2v) is 17.4. The highest BCUT2D eigenvalue weighted by Gasteiger charge is 2.42. The minimum Gasteiger partial charge on any atom is -0.461 e. The van der Waals surface area contributed by atoms with Gasteiger partial charge in [-0.15, -0.1) is 0 Å². The molecule has 6 heterocycles. The first-order chi connectivity index (χ1) is 35.1. The summed E-state index contributed by atoms with van der Waals surface area (Å²) >= 11 is 0. The molecule has 0 unspecified atom stereocenters. The van der Waals surface area contributed by atoms with Gasteiger partial charge in [-0.2, -0.15) is 23.4 Å². The second kappa shape index (κ2) is 19.0. The van der Waals surface area contributed by atoms with Gasteiger partial charge in [0.25, 0.3) is 28.8 Å². The standard InChI is InChI=1S/C50H40F5N11O7/c1-2-73-48(72)39-23-56-41-25-64(13-15-65(39)41)47(71)34-18-27(9-12-36(34)52)21-38-30-10-7-28(19-32(30)44(68)62-60-38)22-57-45(69)42-40-24-63(14-16-66(40)49(58-42)50(53,54)55)46(70)33-17-26(8-11-35(33)51)20-37-29-5-3-4-6-31(29)43(67)61-59-37/h3-12,17-19,23H,2,13-16,20-22,24-25H2,1H3,(H,57,69)(H,61,67)(H,62,68). The molecule has 2 aliphatic rings. The first kappa shape index (κ1) is 47.8. The van der Waals surface area contributed by atoms with Gasteiger partial charge in [0.15, 0.2) is 5.69 Å². The Balaban J connectivity index is 0.840. The number of hydrogen-bond acceptors (Lipinski definition) is 11. The Morgan fingerprint density at radius 2 is 1.27 bits per heavy atom. The molecule has 73 heavy (non-hydrogen) atoms. The van der Waals surface area contributed by atoms with Crippen molar-refractivity contribution in [2.24, 2.45) is 0 Å². The Morgan fingerprint density at radius 3 is 1.90 bits per heavy atom. The van der Waals surface area contributed by atoms with Crippen LogP contribution in [0.25, 0.3) is 21.5 Å². The Hall–Kier alpha value is -8.89. The van der Waals surface area contributed by atoms with E-state index in [0.29, 0.717) is 50.1 Å². The fourth-order valence-corrected chi connectivity index (χ4v) is 9.25. The molecule has 3 N–H and O–H groups in total. The molecule has 0 bridgehead atoms. The zero-order valence-electron chi connectivity index (χ0n) is 38.5. The van der Waals surface area contributed by atoms with Gasteiger partial charge in [0.2, 0.25) is 5.82 Å². The monoisotopic (exact) mass is 1000 g/mol. The molecule has 23 heteroatoms. The van der Waals surface area contributed by atoms with E-state index in [1.807, 2.05) is 0 Å². The molecular formula is C50H40F5N11O7. The average molecular weight is 1000 g/mol. The van der Waals surface area contributed by atoms with Crippen LogP contribution >= 0.6 is 0 Å². The van der Waals surface area contributed by atoms with E-state index in [9.17, 15) is 41.9 Å². The topological polar surface area (TPSA) is 223 Å². The van der Waals surface area contributed by atoms with Gasteiger partial charge in [-0.05, 0) is 60.0 Å². The summed E-state index contributed by atoms with van der Waals surface area (Å²) in [5.74, 6) is -5.55. The summed E-state index contributed by atoms with van der Waals surface area (Å²) in [4.78, 5) is 89.6. The van der Waals surface area contributed by atoms with Gasteiger partial charge in [0.1, 0.15) is 23.2 Å². The molecule has 2 aliphatic heterocycles. The van der Waals surface area contributed by atoms with Crippen molar-refractivity contribution < 1.29 is 45.9 Å². The van der Waals surface area contributed by atoms with Gasteiger partial charge in [-0.25, -0.2) is 33.7 Å². The highest BCUT2D eigenvalue weighted by atomic mass is 19.4. The molecule has 0 radical (unpaired) electrons. The molecule has 0 saturated carbocycles. The predicted octanol–water partition coefficient (Wildman–Crippen LogP) is 5.45. The van der Waals surface area contributed by atoms with E-state index in [1.165, 1.54) is 41.4 Å². The van der Waals surface area contributed by atoms with E-state index in [4.69, 9.17) is 4.74 Å². The first-order valence-electron chi connectivity index (χ1n) is 22.8. The zero-order chi connectivity index (χ0) is 51.3. The predicted molar refractivity (Wildman–Crippen MR) is 249 cm³/mol. The van der Waals surface area contributed by atoms with E-state index in [-0.39, 0.29) is 80.1 Å². The van der Waals surface area contributed by atoms with Crippen molar-refractivity contribution in [3.8, 4) is 0 Å². The number of carbonyl (C=O) groups excluding carboxylic acids is 4. The van der Waals surface area contributed by atoms with Gasteiger partial charge < -0.3 is 29.0 Å². The van der Waals surface area contributed by atoms with Gasteiger partial charge >= 0.3 is 12.1 Å². The van der Waals surface area contributed by atoms with Crippen molar-refractivity contribution in [3.05, 3.63) is 185 Å². The van der Waals surface area contributed by atoms with Crippen molar-refractivity contribution in [2.45, 2.75) is 58.7 Å². The number of H-pyrrole nitrogens is 2. The van der Waals surface area contributed by atoms with Crippen molar-refractivity contribution >= 4 is 45.2 Å². The van der Waals surface area contributed by atoms with Crippen molar-refractivity contribution in [1.29, 1.82) is 0 Å². The number of halogens is 5. The summed E-state index contributed by atoms with van der Waals surface area (Å²) in [6, 6.07) is 19.3. The van der Waals surface area contributed by atoms with Crippen LogP contribution in [-0.4, -0.2) is 92.7 Å². The second-order valence-electron chi connectivity index (χ2n) is 17.4. The molecule has 0 spiro atoms. The number of benzene rings is 4. The SMILES string of the molecule is CCOC(=O)c1cnc2n1CCN(C(=O)c1cc(Cc3n[nH]c(=O)c4cc(CNC(=O)c5nc(C(F)(F)F)n6c5CN(C(=O)c5cc(Cc7n[nH]c(=O)c8ccccc78)ccc5F)CC6)ccc34)ccc1F)C2. The maximum Gasteiger partial charge on any atom is 0.449 e. The highest BCUT2D eigenvalue weighted by molar-refractivity contribution is 5.97. The summed E-state index contributed by atoms with van der Waals surface area (Å²) < 4.78 is 81.2. The number of nitrogens with one attached hydrogen (secondary N) is 3. The molecule has 0 aliphatic carbocycles. The van der Waals surface area contributed by atoms with E-state index < -0.39 is 77.2 Å². The lowest BCUT2D eigenvalue weighted by Gasteiger charge is -2.30. The number of aromatic nitrogens is 8. The number of esters is 1. The maximum absolute atomic E-state index is 15.4. The van der Waals surface area contributed by atoms with Crippen LogP contribution in [0.2, 0.25) is 0 Å². The van der Waals surface area contributed by atoms with Gasteiger partial charge in [0.05, 0.1) is 64.9 Å². The molecule has 4 aromatic heterocycles. The molecule has 3 amide bonds. The summed E-state index contributed by atoms with van der Waals surface area (Å²) in [5, 5.41) is 17.3. The van der Waals surface area contributed by atoms with Crippen molar-refractivity contribution in [1.82, 2.24) is 54.6 Å². The number of carbonyl (C=O) groups is 4. The maximum atomic E-state index is 15.4. The summed E-state index contributed by atoms with van der Waals surface area (Å²) in [6.07, 6.45) is -3.45. The van der Waals surface area contributed by atoms with Gasteiger partial charge in [-0.1, -0.05) is 42.5 Å². The highest BCUT2D eigenvalue weighted by Crippen LogP contribution is 2.33. The third-order valence-corrected chi connectivity index (χ3v) is 12.8. The molecule has 4 aromatic carbocycles. The van der Waals surface area contributed by atoms with E-state index in [2.05, 4.69) is 35.7 Å². The van der Waals surface area contributed by atoms with E-state index >= 15 is 8.78 Å². The number of rotatable bonds is 11. The normalized spacial score (nSPS) is 13.5. The lowest BCUT2D eigenvalue weighted by Crippen LogP contribution is -2.40. The third kappa shape index (κ3) is 9.19. The molecule has 0 fully saturated rings. The van der Waals surface area contributed by atoms with Crippen LogP contribution in [0.15, 0.2) is 94.6 Å². The van der Waals surface area contributed by atoms with Crippen molar-refractivity contribution in [2.75, 3.05) is 19.7 Å². The number of alkyl halides is 3. The minimum atomic E-state index is -4.98. The Bertz CT molecular complexity index is 3700. The first-order valence-corrected chi connectivity index (χ1v) is 22.8. The largest absolute Gasteiger partial charge is 0.461 e. The lowest BCUT2D eigenvalue weighted by molar-refractivity contribution is -0.147. The van der Waals surface area contributed by atoms with Crippen LogP contribution in [0.4, 0.5) is 22.0 Å². The third-order valence-electron chi connectivity index (χ3n) is 12.8. The molecular weight excluding hydrogens is 962 g/mol. The smallest absolute Gasteiger partial charge is 0.449 e. The number of nitrogens with zero attached hydrogens (tertiary/aromatic N) is 8. The zero-order valence-corrected chi connectivity index (χ0v) is 38.5. The summed E-state index contributed by atoms with van der Waals surface area (Å²) in [7, 11) is 0. The molecule has 0 atom stereocenters. The van der Waals surface area contributed by atoms with Gasteiger partial charge in [0, 0.05) is 56.3 Å². The molecule has 10 rings (SSSR count). The Morgan fingerprint density at radius 1 is 0.699 bits per heavy atom. The molecule has 8 aromatic rings. The Kier molecular flexibility index (Phi) is 12.5. The van der Waals surface area contributed by atoms with Crippen molar-refractivity contribution in [3.63, 3.8) is 0 Å². The van der Waals surface area contributed by atoms with E-state index in [1.54, 1.807) is 47.9 Å². The average Bonchev–Trinajstić information content (AvgIpc) is 4.00. The van der Waals surface area contributed by atoms with Gasteiger partial charge in [-0.3, -0.25) is 24.0 Å². The quantitative estimate of drug-likeness (QED) is 0.109. The van der Waals surface area contributed by atoms with Crippen LogP contribution in [0.3, 0.4) is 0 Å². The summed E-state index contributed by atoms with van der Waals surface area (Å²) in [5.41, 5.74) is -0.000390. The summed E-state index contributed by atoms with van der Waals surface area (Å²) in [6.45, 7) is 0.826. The lowest BCUT2D eigenvalue weighted by atomic mass is 10.0. The van der Waals surface area contributed by atoms with Crippen LogP contribution in [0, 0.1) is 11.6 Å². The number of ether oxygens (including phenoxy) is 1. The fraction of sp³-hybridized carbons (Fsp3) is 0.240. The van der Waals surface area contributed by atoms with E-state index in [0.717, 1.165) is 21.6 Å². The van der Waals surface area contributed by atoms with Crippen LogP contribution in [-0.2, 0) is 56.5 Å². The van der Waals surface area contributed by atoms with Crippen LogP contribution in [0.1, 0.15) is 94.0 Å². The Labute approximate surface area is 408 Å². The van der Waals surface area contributed by atoms with Crippen LogP contribution < -0.4 is 16.4 Å².